The topological polar surface area (TPSA) is 73.1 Å². The molecule has 0 atom stereocenters. The van der Waals surface area contributed by atoms with Crippen LogP contribution in [0.2, 0.25) is 0 Å². The third-order valence-corrected chi connectivity index (χ3v) is 4.51. The van der Waals surface area contributed by atoms with Gasteiger partial charge in [0.25, 0.3) is 5.69 Å². The van der Waals surface area contributed by atoms with Crippen molar-refractivity contribution in [2.45, 2.75) is 12.8 Å². The molecule has 1 aromatic heterocycles. The first-order valence-corrected chi connectivity index (χ1v) is 7.98. The first kappa shape index (κ1) is 17.8. The van der Waals surface area contributed by atoms with E-state index in [-0.39, 0.29) is 23.9 Å². The Morgan fingerprint density at radius 2 is 1.88 bits per heavy atom. The second-order valence-electron chi connectivity index (χ2n) is 6.08. The summed E-state index contributed by atoms with van der Waals surface area (Å²) in [5.74, 6) is -0.125. The van der Waals surface area contributed by atoms with Crippen LogP contribution >= 0.6 is 12.4 Å². The summed E-state index contributed by atoms with van der Waals surface area (Å²) in [5, 5.41) is 13.1. The highest BCUT2D eigenvalue weighted by Gasteiger charge is 2.24. The summed E-state index contributed by atoms with van der Waals surface area (Å²) in [7, 11) is 0. The highest BCUT2D eigenvalue weighted by Crippen LogP contribution is 2.29. The van der Waals surface area contributed by atoms with Gasteiger partial charge in [-0.25, -0.2) is 0 Å². The average molecular weight is 367 g/mol. The van der Waals surface area contributed by atoms with Gasteiger partial charge >= 0.3 is 0 Å². The molecule has 6 heteroatoms. The van der Waals surface area contributed by atoms with Gasteiger partial charge in [-0.2, -0.15) is 0 Å². The van der Waals surface area contributed by atoms with Crippen molar-refractivity contribution in [3.05, 3.63) is 87.2 Å². The zero-order valence-electron chi connectivity index (χ0n) is 13.7. The Morgan fingerprint density at radius 1 is 1.04 bits per heavy atom. The minimum Gasteiger partial charge on any atom is -0.289 e. The van der Waals surface area contributed by atoms with Crippen LogP contribution < -0.4 is 0 Å². The summed E-state index contributed by atoms with van der Waals surface area (Å²) in [6.45, 7) is 0. The van der Waals surface area contributed by atoms with E-state index in [1.807, 2.05) is 30.3 Å². The van der Waals surface area contributed by atoms with Gasteiger partial charge in [0.1, 0.15) is 0 Å². The molecule has 0 saturated carbocycles. The number of aromatic nitrogens is 1. The molecule has 1 heterocycles. The van der Waals surface area contributed by atoms with Crippen LogP contribution in [-0.2, 0) is 6.42 Å². The van der Waals surface area contributed by atoms with E-state index in [2.05, 4.69) is 4.98 Å². The van der Waals surface area contributed by atoms with Crippen LogP contribution in [0.25, 0.3) is 16.8 Å². The largest absolute Gasteiger partial charge is 0.289 e. The third-order valence-electron chi connectivity index (χ3n) is 4.51. The fraction of sp³-hybridized carbons (Fsp3) is 0.100. The highest BCUT2D eigenvalue weighted by molar-refractivity contribution is 6.13. The van der Waals surface area contributed by atoms with E-state index in [4.69, 9.17) is 0 Å². The van der Waals surface area contributed by atoms with Crippen molar-refractivity contribution in [3.63, 3.8) is 0 Å². The van der Waals surface area contributed by atoms with Gasteiger partial charge in [-0.1, -0.05) is 18.2 Å². The second-order valence-corrected chi connectivity index (χ2v) is 6.08. The number of carbonyl (C=O) groups is 1. The molecule has 130 valence electrons. The highest BCUT2D eigenvalue weighted by atomic mass is 35.5. The Labute approximate surface area is 155 Å². The first-order chi connectivity index (χ1) is 12.1. The molecule has 1 aliphatic rings. The zero-order chi connectivity index (χ0) is 17.4. The molecule has 4 rings (SSSR count). The van der Waals surface area contributed by atoms with E-state index >= 15 is 0 Å². The molecule has 0 amide bonds. The van der Waals surface area contributed by atoms with E-state index in [9.17, 15) is 14.9 Å². The SMILES string of the molecule is Cl.O=C1/C(=C\c2ccc3cnccc3c2)CCc2ccc([N+](=O)[O-])cc21. The molecular formula is C20H15ClN2O3. The van der Waals surface area contributed by atoms with Crippen molar-refractivity contribution in [1.82, 2.24) is 4.98 Å². The number of aryl methyl sites for hydroxylation is 1. The van der Waals surface area contributed by atoms with Crippen LogP contribution in [-0.4, -0.2) is 15.7 Å². The van der Waals surface area contributed by atoms with E-state index in [1.165, 1.54) is 12.1 Å². The molecule has 0 fully saturated rings. The van der Waals surface area contributed by atoms with Crippen LogP contribution in [0.4, 0.5) is 5.69 Å². The minimum atomic E-state index is -0.469. The van der Waals surface area contributed by atoms with Gasteiger partial charge in [0, 0.05) is 41.0 Å². The monoisotopic (exact) mass is 366 g/mol. The number of benzene rings is 2. The lowest BCUT2D eigenvalue weighted by Gasteiger charge is -2.17. The molecule has 2 aromatic carbocycles. The second kappa shape index (κ2) is 7.06. The fourth-order valence-electron chi connectivity index (χ4n) is 3.19. The van der Waals surface area contributed by atoms with Crippen LogP contribution in [0.1, 0.15) is 27.9 Å². The molecule has 0 unspecified atom stereocenters. The van der Waals surface area contributed by atoms with Crippen molar-refractivity contribution in [3.8, 4) is 0 Å². The number of pyridine rings is 1. The number of fused-ring (bicyclic) bond motifs is 2. The van der Waals surface area contributed by atoms with Gasteiger partial charge in [-0.05, 0) is 47.6 Å². The van der Waals surface area contributed by atoms with E-state index < -0.39 is 4.92 Å². The number of ketones is 1. The number of hydrogen-bond acceptors (Lipinski definition) is 4. The molecule has 0 aliphatic heterocycles. The van der Waals surface area contributed by atoms with Gasteiger partial charge in [-0.15, -0.1) is 12.4 Å². The summed E-state index contributed by atoms with van der Waals surface area (Å²) in [6.07, 6.45) is 6.76. The van der Waals surface area contributed by atoms with Crippen molar-refractivity contribution in [2.75, 3.05) is 0 Å². The molecule has 0 bridgehead atoms. The van der Waals surface area contributed by atoms with Crippen LogP contribution in [0.15, 0.2) is 60.4 Å². The standard InChI is InChI=1S/C20H14N2O3.ClH/c23-20-16(4-3-14-5-6-18(22(24)25)11-19(14)20)10-13-1-2-17-12-21-8-7-15(17)9-13;/h1-2,5-12H,3-4H2;1H/b16-10-;. The summed E-state index contributed by atoms with van der Waals surface area (Å²) < 4.78 is 0. The average Bonchev–Trinajstić information content (AvgIpc) is 2.63. The number of nitrogens with zero attached hydrogens (tertiary/aromatic N) is 2. The number of Topliss-reactive ketones (excluding diaryl/α,β-unsaturated/α-hetero) is 1. The van der Waals surface area contributed by atoms with Crippen LogP contribution in [0, 0.1) is 10.1 Å². The molecule has 1 aliphatic carbocycles. The number of halogens is 1. The molecular weight excluding hydrogens is 352 g/mol. The van der Waals surface area contributed by atoms with Crippen LogP contribution in [0.3, 0.4) is 0 Å². The summed E-state index contributed by atoms with van der Waals surface area (Å²) >= 11 is 0. The number of allylic oxidation sites excluding steroid dienone is 1. The molecule has 26 heavy (non-hydrogen) atoms. The predicted molar refractivity (Wildman–Crippen MR) is 103 cm³/mol. The Kier molecular flexibility index (Phi) is 4.82. The molecule has 0 radical (unpaired) electrons. The molecule has 3 aromatic rings. The van der Waals surface area contributed by atoms with Crippen LogP contribution in [0.5, 0.6) is 0 Å². The number of non-ortho nitro benzene ring substituents is 1. The predicted octanol–water partition coefficient (Wildman–Crippen LogP) is 4.78. The zero-order valence-corrected chi connectivity index (χ0v) is 14.5. The number of nitro benzene ring substituents is 1. The van der Waals surface area contributed by atoms with Gasteiger partial charge in [0.05, 0.1) is 4.92 Å². The molecule has 5 nitrogen and oxygen atoms in total. The Morgan fingerprint density at radius 3 is 2.69 bits per heavy atom. The first-order valence-electron chi connectivity index (χ1n) is 7.98. The van der Waals surface area contributed by atoms with Crippen molar-refractivity contribution in [1.29, 1.82) is 0 Å². The van der Waals surface area contributed by atoms with Crippen molar-refractivity contribution < 1.29 is 9.72 Å². The van der Waals surface area contributed by atoms with Gasteiger partial charge in [-0.3, -0.25) is 19.9 Å². The summed E-state index contributed by atoms with van der Waals surface area (Å²) in [6, 6.07) is 12.4. The lowest BCUT2D eigenvalue weighted by molar-refractivity contribution is -0.384. The number of carbonyl (C=O) groups excluding carboxylic acids is 1. The summed E-state index contributed by atoms with van der Waals surface area (Å²) in [4.78, 5) is 27.3. The van der Waals surface area contributed by atoms with E-state index in [1.54, 1.807) is 18.5 Å². The number of nitro groups is 1. The maximum Gasteiger partial charge on any atom is 0.270 e. The lowest BCUT2D eigenvalue weighted by Crippen LogP contribution is -2.14. The molecule has 0 N–H and O–H groups in total. The smallest absolute Gasteiger partial charge is 0.270 e. The van der Waals surface area contributed by atoms with Gasteiger partial charge in [0.2, 0.25) is 0 Å². The van der Waals surface area contributed by atoms with Gasteiger partial charge in [0.15, 0.2) is 5.78 Å². The lowest BCUT2D eigenvalue weighted by atomic mass is 9.85. The fourth-order valence-corrected chi connectivity index (χ4v) is 3.19. The number of hydrogen-bond donors (Lipinski definition) is 0. The number of rotatable bonds is 2. The van der Waals surface area contributed by atoms with Crippen molar-refractivity contribution in [2.24, 2.45) is 0 Å². The Hall–Kier alpha value is -3.05. The normalized spacial score (nSPS) is 14.8. The summed E-state index contributed by atoms with van der Waals surface area (Å²) in [5.41, 5.74) is 2.89. The minimum absolute atomic E-state index is 0. The quantitative estimate of drug-likeness (QED) is 0.371. The van der Waals surface area contributed by atoms with Crippen molar-refractivity contribution >= 4 is 40.7 Å². The Bertz CT molecular complexity index is 1060. The third kappa shape index (κ3) is 3.21. The van der Waals surface area contributed by atoms with Gasteiger partial charge < -0.3 is 0 Å². The Balaban J connectivity index is 0.00000196. The molecule has 0 saturated heterocycles. The van der Waals surface area contributed by atoms with E-state index in [0.29, 0.717) is 24.0 Å². The van der Waals surface area contributed by atoms with E-state index in [0.717, 1.165) is 21.9 Å². The molecule has 0 spiro atoms. The maximum absolute atomic E-state index is 12.8. The maximum atomic E-state index is 12.8.